The summed E-state index contributed by atoms with van der Waals surface area (Å²) >= 11 is 5.96. The Morgan fingerprint density at radius 2 is 1.97 bits per heavy atom. The van der Waals surface area contributed by atoms with Gasteiger partial charge in [0, 0.05) is 12.5 Å². The van der Waals surface area contributed by atoms with Crippen LogP contribution in [0.15, 0.2) is 35.5 Å². The first-order valence-electron chi connectivity index (χ1n) is 10.4. The van der Waals surface area contributed by atoms with E-state index in [1.807, 2.05) is 6.92 Å². The van der Waals surface area contributed by atoms with Gasteiger partial charge in [-0.3, -0.25) is 4.79 Å². The molecular weight excluding hydrogens is 456 g/mol. The summed E-state index contributed by atoms with van der Waals surface area (Å²) in [5, 5.41) is 9.51. The molecule has 0 saturated carbocycles. The van der Waals surface area contributed by atoms with Gasteiger partial charge >= 0.3 is 23.9 Å². The first kappa shape index (κ1) is 26.6. The predicted octanol–water partition coefficient (Wildman–Crippen LogP) is 2.15. The molecule has 1 N–H and O–H groups in total. The minimum atomic E-state index is -2.13. The van der Waals surface area contributed by atoms with Crippen LogP contribution in [0.25, 0.3) is 0 Å². The van der Waals surface area contributed by atoms with Gasteiger partial charge in [-0.25, -0.2) is 14.4 Å². The summed E-state index contributed by atoms with van der Waals surface area (Å²) in [5.41, 5.74) is -1.39. The molecule has 6 atom stereocenters. The number of carbonyl (C=O) groups is 4. The normalized spacial score (nSPS) is 31.4. The van der Waals surface area contributed by atoms with E-state index in [4.69, 9.17) is 30.5 Å². The number of esters is 4. The third-order valence-corrected chi connectivity index (χ3v) is 6.14. The number of alkyl halides is 1. The highest BCUT2D eigenvalue weighted by Crippen LogP contribution is 2.38. The minimum absolute atomic E-state index is 0.0395. The Balaban J connectivity index is 2.72. The second-order valence-electron chi connectivity index (χ2n) is 8.29. The van der Waals surface area contributed by atoms with Gasteiger partial charge in [0.1, 0.15) is 6.10 Å². The molecule has 10 heteroatoms. The molecule has 9 nitrogen and oxygen atoms in total. The van der Waals surface area contributed by atoms with E-state index in [2.05, 4.69) is 6.58 Å². The lowest BCUT2D eigenvalue weighted by atomic mass is 9.83. The van der Waals surface area contributed by atoms with Gasteiger partial charge in [0.25, 0.3) is 0 Å². The second-order valence-corrected chi connectivity index (χ2v) is 8.94. The number of hydrogen-bond donors (Lipinski definition) is 1. The monoisotopic (exact) mass is 484 g/mol. The van der Waals surface area contributed by atoms with Crippen LogP contribution in [0.1, 0.15) is 40.5 Å². The fourth-order valence-corrected chi connectivity index (χ4v) is 3.69. The molecule has 33 heavy (non-hydrogen) atoms. The van der Waals surface area contributed by atoms with Crippen molar-refractivity contribution >= 4 is 35.5 Å². The smallest absolute Gasteiger partial charge is 0.339 e. The number of methoxy groups -OCH3 is 1. The largest absolute Gasteiger partial charge is 0.466 e. The fraction of sp³-hybridized carbons (Fsp3) is 0.565. The lowest BCUT2D eigenvalue weighted by molar-refractivity contribution is -0.183. The van der Waals surface area contributed by atoms with Crippen molar-refractivity contribution in [1.82, 2.24) is 0 Å². The van der Waals surface area contributed by atoms with Gasteiger partial charge in [0.2, 0.25) is 0 Å². The van der Waals surface area contributed by atoms with Gasteiger partial charge in [-0.15, -0.1) is 11.6 Å². The molecule has 1 saturated heterocycles. The molecular formula is C23H29ClO9. The standard InChI is InChI=1S/C23H29ClO9/c1-11-8-7-9-15(21(27)30-6)18(31-14(4)25)19(33-22(28)23(5,29)13(3)24)17-12(2)20(26)32-16(17)10-11/h9-10,13,16-19,29H,2,7-8H2,1,3-6H3/b11-10-,15-9+/t13-,16+,17-,18-,19-,23-/m0/s1. The molecule has 0 bridgehead atoms. The lowest BCUT2D eigenvalue weighted by Gasteiger charge is -2.35. The quantitative estimate of drug-likeness (QED) is 0.205. The zero-order valence-corrected chi connectivity index (χ0v) is 20.0. The first-order valence-corrected chi connectivity index (χ1v) is 10.8. The molecule has 1 fully saturated rings. The van der Waals surface area contributed by atoms with Gasteiger partial charge in [0.15, 0.2) is 17.8 Å². The van der Waals surface area contributed by atoms with E-state index in [1.165, 1.54) is 13.0 Å². The van der Waals surface area contributed by atoms with E-state index >= 15 is 0 Å². The summed E-state index contributed by atoms with van der Waals surface area (Å²) in [4.78, 5) is 50.0. The van der Waals surface area contributed by atoms with Crippen LogP contribution in [-0.4, -0.2) is 65.4 Å². The maximum Gasteiger partial charge on any atom is 0.339 e. The summed E-state index contributed by atoms with van der Waals surface area (Å²) in [5.74, 6) is -4.47. The Morgan fingerprint density at radius 3 is 2.52 bits per heavy atom. The van der Waals surface area contributed by atoms with Crippen molar-refractivity contribution in [2.45, 2.75) is 69.8 Å². The third-order valence-electron chi connectivity index (χ3n) is 5.72. The number of allylic oxidation sites excluding steroid dienone is 2. The van der Waals surface area contributed by atoms with Crippen molar-refractivity contribution in [3.8, 4) is 0 Å². The van der Waals surface area contributed by atoms with E-state index in [9.17, 15) is 24.3 Å². The van der Waals surface area contributed by atoms with E-state index in [1.54, 1.807) is 6.08 Å². The van der Waals surface area contributed by atoms with E-state index in [-0.39, 0.29) is 11.1 Å². The summed E-state index contributed by atoms with van der Waals surface area (Å²) in [6.45, 7) is 9.28. The number of carbonyl (C=O) groups excluding carboxylic acids is 4. The minimum Gasteiger partial charge on any atom is -0.466 e. The Kier molecular flexibility index (Phi) is 8.48. The van der Waals surface area contributed by atoms with Gasteiger partial charge in [-0.1, -0.05) is 18.2 Å². The Morgan fingerprint density at radius 1 is 1.33 bits per heavy atom. The van der Waals surface area contributed by atoms with Crippen LogP contribution < -0.4 is 0 Å². The third kappa shape index (κ3) is 5.83. The van der Waals surface area contributed by atoms with E-state index < -0.39 is 59.1 Å². The Hall–Kier alpha value is -2.65. The van der Waals surface area contributed by atoms with Gasteiger partial charge < -0.3 is 24.1 Å². The van der Waals surface area contributed by atoms with Gasteiger partial charge in [0.05, 0.1) is 24.0 Å². The van der Waals surface area contributed by atoms with Crippen molar-refractivity contribution in [3.63, 3.8) is 0 Å². The molecule has 2 rings (SSSR count). The summed E-state index contributed by atoms with van der Waals surface area (Å²) in [7, 11) is 1.16. The van der Waals surface area contributed by atoms with Crippen molar-refractivity contribution < 1.29 is 43.2 Å². The van der Waals surface area contributed by atoms with Crippen LogP contribution >= 0.6 is 11.6 Å². The fourth-order valence-electron chi connectivity index (χ4n) is 3.60. The topological polar surface area (TPSA) is 125 Å². The van der Waals surface area contributed by atoms with Gasteiger partial charge in [-0.05, 0) is 39.7 Å². The average molecular weight is 485 g/mol. The molecule has 0 aromatic carbocycles. The average Bonchev–Trinajstić information content (AvgIpc) is 2.99. The van der Waals surface area contributed by atoms with E-state index in [0.29, 0.717) is 12.8 Å². The molecule has 1 aliphatic carbocycles. The first-order chi connectivity index (χ1) is 15.3. The Labute approximate surface area is 197 Å². The molecule has 1 aliphatic heterocycles. The van der Waals surface area contributed by atoms with Crippen LogP contribution in [-0.2, 0) is 38.1 Å². The highest BCUT2D eigenvalue weighted by Gasteiger charge is 2.52. The SMILES string of the molecule is C=C1C(=O)O[C@@H]2/C=C(/C)CC/C=C(/C(=O)OC)[C@H](OC(C)=O)[C@@H](OC(=O)[C@@](C)(O)[C@H](C)Cl)[C@@H]12. The lowest BCUT2D eigenvalue weighted by Crippen LogP contribution is -2.51. The molecule has 1 heterocycles. The second kappa shape index (κ2) is 10.5. The van der Waals surface area contributed by atoms with Crippen molar-refractivity contribution in [3.05, 3.63) is 35.5 Å². The zero-order valence-electron chi connectivity index (χ0n) is 19.3. The van der Waals surface area contributed by atoms with Crippen LogP contribution in [0.2, 0.25) is 0 Å². The van der Waals surface area contributed by atoms with Crippen LogP contribution in [0.5, 0.6) is 0 Å². The number of hydrogen-bond acceptors (Lipinski definition) is 9. The molecule has 0 amide bonds. The predicted molar refractivity (Wildman–Crippen MR) is 117 cm³/mol. The summed E-state index contributed by atoms with van der Waals surface area (Å²) in [6.07, 6.45) is 0.283. The van der Waals surface area contributed by atoms with Crippen molar-refractivity contribution in [1.29, 1.82) is 0 Å². The maximum absolute atomic E-state index is 12.9. The highest BCUT2D eigenvalue weighted by molar-refractivity contribution is 6.22. The number of fused-ring (bicyclic) bond motifs is 1. The number of halogens is 1. The summed E-state index contributed by atoms with van der Waals surface area (Å²) in [6, 6.07) is 0. The van der Waals surface area contributed by atoms with Crippen LogP contribution in [0.3, 0.4) is 0 Å². The maximum atomic E-state index is 12.9. The van der Waals surface area contributed by atoms with Crippen LogP contribution in [0, 0.1) is 5.92 Å². The Bertz CT molecular complexity index is 900. The number of rotatable bonds is 5. The van der Waals surface area contributed by atoms with Crippen LogP contribution in [0.4, 0.5) is 0 Å². The molecule has 0 spiro atoms. The van der Waals surface area contributed by atoms with Crippen molar-refractivity contribution in [2.75, 3.05) is 7.11 Å². The molecule has 0 aromatic heterocycles. The van der Waals surface area contributed by atoms with Crippen molar-refractivity contribution in [2.24, 2.45) is 5.92 Å². The van der Waals surface area contributed by atoms with E-state index in [0.717, 1.165) is 26.5 Å². The molecule has 0 unspecified atom stereocenters. The molecule has 2 aliphatic rings. The zero-order chi connectivity index (χ0) is 25.1. The number of aliphatic hydroxyl groups is 1. The number of ether oxygens (including phenoxy) is 4. The molecule has 0 radical (unpaired) electrons. The summed E-state index contributed by atoms with van der Waals surface area (Å²) < 4.78 is 21.4. The molecule has 182 valence electrons. The molecule has 0 aromatic rings. The highest BCUT2D eigenvalue weighted by atomic mass is 35.5. The van der Waals surface area contributed by atoms with Gasteiger partial charge in [-0.2, -0.15) is 0 Å².